The van der Waals surface area contributed by atoms with Crippen LogP contribution >= 0.6 is 0 Å². The molecule has 3 saturated carbocycles. The molecular formula is C33H56N2O3. The fraction of sp³-hybridized carbons (Fsp3) is 0.879. The largest absolute Gasteiger partial charge is 0.461 e. The molecule has 38 heavy (non-hydrogen) atoms. The maximum absolute atomic E-state index is 12.7. The molecule has 5 heteroatoms. The molecule has 4 N–H and O–H groups in total. The molecule has 1 amide bonds. The minimum absolute atomic E-state index is 0.107. The third-order valence-electron chi connectivity index (χ3n) is 11.9. The average Bonchev–Trinajstić information content (AvgIpc) is 3.21. The first-order chi connectivity index (χ1) is 17.9. The van der Waals surface area contributed by atoms with Crippen molar-refractivity contribution in [1.29, 1.82) is 0 Å². The van der Waals surface area contributed by atoms with Crippen LogP contribution in [-0.4, -0.2) is 24.0 Å². The summed E-state index contributed by atoms with van der Waals surface area (Å²) in [6, 6.07) is -0.797. The van der Waals surface area contributed by atoms with E-state index in [1.165, 1.54) is 56.9 Å². The number of fused-ring (bicyclic) bond motifs is 5. The van der Waals surface area contributed by atoms with Crippen LogP contribution in [0.3, 0.4) is 0 Å². The van der Waals surface area contributed by atoms with Crippen molar-refractivity contribution in [3.63, 3.8) is 0 Å². The molecule has 0 aromatic heterocycles. The first-order valence-electron chi connectivity index (χ1n) is 15.8. The van der Waals surface area contributed by atoms with E-state index >= 15 is 0 Å². The van der Waals surface area contributed by atoms with Gasteiger partial charge in [-0.2, -0.15) is 0 Å². The van der Waals surface area contributed by atoms with Crippen LogP contribution in [0.15, 0.2) is 11.6 Å². The summed E-state index contributed by atoms with van der Waals surface area (Å²) in [6.45, 7) is 14.1. The van der Waals surface area contributed by atoms with Gasteiger partial charge in [0.15, 0.2) is 0 Å². The smallest absolute Gasteiger partial charge is 0.323 e. The van der Waals surface area contributed by atoms with Crippen molar-refractivity contribution in [2.75, 3.05) is 0 Å². The number of hydrogen-bond donors (Lipinski definition) is 2. The number of primary amides is 1. The van der Waals surface area contributed by atoms with Crippen molar-refractivity contribution >= 4 is 11.9 Å². The fourth-order valence-electron chi connectivity index (χ4n) is 9.60. The Labute approximate surface area is 232 Å². The molecule has 0 bridgehead atoms. The van der Waals surface area contributed by atoms with Crippen molar-refractivity contribution in [2.24, 2.45) is 63.7 Å². The van der Waals surface area contributed by atoms with Crippen molar-refractivity contribution in [3.05, 3.63) is 11.6 Å². The number of allylic oxidation sites excluding steroid dienone is 1. The Morgan fingerprint density at radius 3 is 2.45 bits per heavy atom. The van der Waals surface area contributed by atoms with E-state index in [1.807, 2.05) is 0 Å². The molecule has 0 aromatic rings. The summed E-state index contributed by atoms with van der Waals surface area (Å²) in [5.41, 5.74) is 13.7. The number of carbonyl (C=O) groups is 2. The van der Waals surface area contributed by atoms with Crippen LogP contribution in [0, 0.1) is 52.3 Å². The maximum Gasteiger partial charge on any atom is 0.323 e. The Morgan fingerprint density at radius 1 is 1.03 bits per heavy atom. The number of amides is 1. The molecule has 0 spiro atoms. The van der Waals surface area contributed by atoms with E-state index in [-0.39, 0.29) is 17.9 Å². The lowest BCUT2D eigenvalue weighted by Crippen LogP contribution is -2.51. The number of hydrogen-bond acceptors (Lipinski definition) is 4. The normalized spacial score (nSPS) is 38.8. The molecule has 4 aliphatic rings. The number of carbonyl (C=O) groups excluding carboxylic acids is 2. The number of ether oxygens (including phenoxy) is 1. The number of rotatable bonds is 10. The monoisotopic (exact) mass is 528 g/mol. The minimum Gasteiger partial charge on any atom is -0.461 e. The van der Waals surface area contributed by atoms with E-state index in [0.29, 0.717) is 5.41 Å². The molecule has 5 nitrogen and oxygen atoms in total. The van der Waals surface area contributed by atoms with Crippen molar-refractivity contribution in [3.8, 4) is 0 Å². The van der Waals surface area contributed by atoms with Gasteiger partial charge in [0.25, 0.3) is 0 Å². The Balaban J connectivity index is 1.39. The summed E-state index contributed by atoms with van der Waals surface area (Å²) in [7, 11) is 0. The van der Waals surface area contributed by atoms with Gasteiger partial charge in [0, 0.05) is 12.3 Å². The lowest BCUT2D eigenvalue weighted by atomic mass is 9.47. The summed E-state index contributed by atoms with van der Waals surface area (Å²) in [5.74, 6) is 3.70. The van der Waals surface area contributed by atoms with Gasteiger partial charge in [-0.1, -0.05) is 72.5 Å². The van der Waals surface area contributed by atoms with Gasteiger partial charge in [-0.3, -0.25) is 9.59 Å². The van der Waals surface area contributed by atoms with E-state index in [1.54, 1.807) is 6.92 Å². The summed E-state index contributed by atoms with van der Waals surface area (Å²) >= 11 is 0. The predicted molar refractivity (Wildman–Crippen MR) is 154 cm³/mol. The van der Waals surface area contributed by atoms with Crippen LogP contribution in [0.25, 0.3) is 0 Å². The van der Waals surface area contributed by atoms with Gasteiger partial charge in [-0.15, -0.1) is 0 Å². The van der Waals surface area contributed by atoms with Gasteiger partial charge in [0.2, 0.25) is 5.91 Å². The lowest BCUT2D eigenvalue weighted by Gasteiger charge is -2.58. The molecule has 216 valence electrons. The van der Waals surface area contributed by atoms with Crippen LogP contribution in [0.1, 0.15) is 119 Å². The average molecular weight is 529 g/mol. The second-order valence-corrected chi connectivity index (χ2v) is 14.7. The Hall–Kier alpha value is -1.36. The van der Waals surface area contributed by atoms with Crippen LogP contribution in [0.4, 0.5) is 0 Å². The SMILES string of the molecule is CC(C)CCC[C@@H](C)[C@H]1CCC2C3CC=C4CC(OC(=O)[C@@H](N)CC(C)C(N)=O)CC[C@]4(C)C3CC[C@@]21C. The van der Waals surface area contributed by atoms with Gasteiger partial charge in [-0.05, 0) is 97.7 Å². The van der Waals surface area contributed by atoms with Crippen LogP contribution in [-0.2, 0) is 14.3 Å². The molecular weight excluding hydrogens is 472 g/mol. The highest BCUT2D eigenvalue weighted by atomic mass is 16.5. The fourth-order valence-corrected chi connectivity index (χ4v) is 9.60. The van der Waals surface area contributed by atoms with Gasteiger partial charge in [0.1, 0.15) is 12.1 Å². The van der Waals surface area contributed by atoms with E-state index in [4.69, 9.17) is 16.2 Å². The second kappa shape index (κ2) is 11.6. The molecule has 3 fully saturated rings. The topological polar surface area (TPSA) is 95.4 Å². The van der Waals surface area contributed by atoms with Crippen molar-refractivity contribution in [2.45, 2.75) is 131 Å². The number of esters is 1. The van der Waals surface area contributed by atoms with Gasteiger partial charge >= 0.3 is 5.97 Å². The highest BCUT2D eigenvalue weighted by Gasteiger charge is 2.59. The summed E-state index contributed by atoms with van der Waals surface area (Å²) in [6.07, 6.45) is 16.4. The standard InChI is InChI=1S/C33H56N2O3/c1-20(2)8-7-9-21(3)26-12-13-27-25-11-10-23-19-24(38-31(37)29(34)18-22(4)30(35)36)14-16-32(23,5)28(25)15-17-33(26,27)6/h10,20-22,24-29H,7-9,11-19,34H2,1-6H3,(H2,35,36)/t21-,22?,24?,25?,26-,27?,28?,29+,32+,33-/m1/s1. The Morgan fingerprint density at radius 2 is 1.76 bits per heavy atom. The summed E-state index contributed by atoms with van der Waals surface area (Å²) < 4.78 is 5.88. The van der Waals surface area contributed by atoms with Crippen LogP contribution < -0.4 is 11.5 Å². The van der Waals surface area contributed by atoms with Crippen molar-refractivity contribution in [1.82, 2.24) is 0 Å². The first kappa shape index (κ1) is 29.6. The highest BCUT2D eigenvalue weighted by Crippen LogP contribution is 2.67. The lowest BCUT2D eigenvalue weighted by molar-refractivity contribution is -0.153. The highest BCUT2D eigenvalue weighted by molar-refractivity contribution is 5.79. The quantitative estimate of drug-likeness (QED) is 0.241. The first-order valence-corrected chi connectivity index (χ1v) is 15.8. The predicted octanol–water partition coefficient (Wildman–Crippen LogP) is 6.78. The van der Waals surface area contributed by atoms with Crippen LogP contribution in [0.2, 0.25) is 0 Å². The Kier molecular flexibility index (Phi) is 9.06. The molecule has 10 atom stereocenters. The molecule has 0 aromatic carbocycles. The second-order valence-electron chi connectivity index (χ2n) is 14.7. The van der Waals surface area contributed by atoms with E-state index in [0.717, 1.165) is 54.8 Å². The molecule has 0 aliphatic heterocycles. The molecule has 0 saturated heterocycles. The van der Waals surface area contributed by atoms with Gasteiger partial charge in [-0.25, -0.2) is 0 Å². The summed E-state index contributed by atoms with van der Waals surface area (Å²) in [4.78, 5) is 24.0. The molecule has 5 unspecified atom stereocenters. The zero-order chi connectivity index (χ0) is 27.8. The summed E-state index contributed by atoms with van der Waals surface area (Å²) in [5, 5.41) is 0. The minimum atomic E-state index is -0.797. The third kappa shape index (κ3) is 5.74. The van der Waals surface area contributed by atoms with E-state index < -0.39 is 23.8 Å². The zero-order valence-electron chi connectivity index (χ0n) is 25.1. The maximum atomic E-state index is 12.7. The van der Waals surface area contributed by atoms with E-state index in [2.05, 4.69) is 40.7 Å². The van der Waals surface area contributed by atoms with Crippen LogP contribution in [0.5, 0.6) is 0 Å². The Bertz CT molecular complexity index is 899. The van der Waals surface area contributed by atoms with Gasteiger partial charge in [0.05, 0.1) is 0 Å². The molecule has 4 rings (SSSR count). The molecule has 4 aliphatic carbocycles. The van der Waals surface area contributed by atoms with E-state index in [9.17, 15) is 9.59 Å². The number of nitrogens with two attached hydrogens (primary N) is 2. The zero-order valence-corrected chi connectivity index (χ0v) is 25.1. The van der Waals surface area contributed by atoms with Crippen molar-refractivity contribution < 1.29 is 14.3 Å². The van der Waals surface area contributed by atoms with Gasteiger partial charge < -0.3 is 16.2 Å². The molecule has 0 heterocycles. The molecule has 0 radical (unpaired) electrons. The third-order valence-corrected chi connectivity index (χ3v) is 11.9.